The van der Waals surface area contributed by atoms with Gasteiger partial charge in [0.1, 0.15) is 0 Å². The number of hydrogen-bond donors (Lipinski definition) is 0. The van der Waals surface area contributed by atoms with Crippen LogP contribution in [-0.4, -0.2) is 74.6 Å². The van der Waals surface area contributed by atoms with E-state index in [9.17, 15) is 8.42 Å². The molecule has 0 radical (unpaired) electrons. The van der Waals surface area contributed by atoms with E-state index in [1.165, 1.54) is 5.56 Å². The molecule has 26 heavy (non-hydrogen) atoms. The van der Waals surface area contributed by atoms with Crippen molar-refractivity contribution in [2.75, 3.05) is 52.1 Å². The van der Waals surface area contributed by atoms with Gasteiger partial charge in [-0.2, -0.15) is 4.31 Å². The number of nitrogens with zero attached hydrogens (tertiary/aromatic N) is 3. The summed E-state index contributed by atoms with van der Waals surface area (Å²) in [6, 6.07) is 10.8. The number of piperidine rings is 1. The number of likely N-dealkylation sites (tertiary alicyclic amines) is 1. The predicted octanol–water partition coefficient (Wildman–Crippen LogP) is 2.36. The summed E-state index contributed by atoms with van der Waals surface area (Å²) in [7, 11) is -0.907. The summed E-state index contributed by atoms with van der Waals surface area (Å²) in [5, 5.41) is 0. The lowest BCUT2D eigenvalue weighted by molar-refractivity contribution is 0.00333. The molecule has 0 amide bonds. The number of piperazine rings is 1. The first-order valence-electron chi connectivity index (χ1n) is 9.95. The molecule has 2 fully saturated rings. The van der Waals surface area contributed by atoms with Crippen LogP contribution in [0.4, 0.5) is 0 Å². The first-order valence-corrected chi connectivity index (χ1v) is 11.6. The SMILES string of the molecule is CCCCS(=O)(=O)N1CCN(C2(c3ccccc3)CCN(C)CC2)CC1. The average Bonchev–Trinajstić information content (AvgIpc) is 2.68. The molecule has 2 heterocycles. The van der Waals surface area contributed by atoms with Gasteiger partial charge in [-0.1, -0.05) is 43.7 Å². The Morgan fingerprint density at radius 1 is 0.962 bits per heavy atom. The Hall–Kier alpha value is -0.950. The summed E-state index contributed by atoms with van der Waals surface area (Å²) in [6.07, 6.45) is 3.89. The van der Waals surface area contributed by atoms with Crippen LogP contribution in [0.25, 0.3) is 0 Å². The van der Waals surface area contributed by atoms with Gasteiger partial charge in [-0.3, -0.25) is 4.90 Å². The maximum absolute atomic E-state index is 12.5. The zero-order chi connectivity index (χ0) is 18.6. The zero-order valence-electron chi connectivity index (χ0n) is 16.2. The molecule has 2 aliphatic heterocycles. The van der Waals surface area contributed by atoms with E-state index in [-0.39, 0.29) is 11.3 Å². The Kier molecular flexibility index (Phi) is 6.38. The molecule has 0 bridgehead atoms. The first-order chi connectivity index (χ1) is 12.5. The molecule has 0 spiro atoms. The number of sulfonamides is 1. The van der Waals surface area contributed by atoms with Crippen molar-refractivity contribution in [1.29, 1.82) is 0 Å². The van der Waals surface area contributed by atoms with Crippen LogP contribution in [-0.2, 0) is 15.6 Å². The van der Waals surface area contributed by atoms with Crippen LogP contribution in [0, 0.1) is 0 Å². The Balaban J connectivity index is 1.74. The molecule has 0 saturated carbocycles. The second-order valence-corrected chi connectivity index (χ2v) is 9.85. The van der Waals surface area contributed by atoms with Crippen molar-refractivity contribution in [2.45, 2.75) is 38.1 Å². The lowest BCUT2D eigenvalue weighted by Gasteiger charge is -2.51. The third-order valence-electron chi connectivity index (χ3n) is 6.12. The molecular weight excluding hydrogens is 346 g/mol. The highest BCUT2D eigenvalue weighted by atomic mass is 32.2. The van der Waals surface area contributed by atoms with Gasteiger partial charge in [-0.05, 0) is 45.0 Å². The number of rotatable bonds is 6. The van der Waals surface area contributed by atoms with E-state index in [1.807, 2.05) is 6.92 Å². The highest BCUT2D eigenvalue weighted by Gasteiger charge is 2.42. The average molecular weight is 380 g/mol. The van der Waals surface area contributed by atoms with E-state index >= 15 is 0 Å². The summed E-state index contributed by atoms with van der Waals surface area (Å²) in [6.45, 7) is 7.10. The summed E-state index contributed by atoms with van der Waals surface area (Å²) in [5.41, 5.74) is 1.43. The summed E-state index contributed by atoms with van der Waals surface area (Å²) >= 11 is 0. The molecule has 5 nitrogen and oxygen atoms in total. The lowest BCUT2D eigenvalue weighted by atomic mass is 9.79. The summed E-state index contributed by atoms with van der Waals surface area (Å²) < 4.78 is 26.8. The molecule has 3 rings (SSSR count). The van der Waals surface area contributed by atoms with Crippen LogP contribution in [0.1, 0.15) is 38.2 Å². The first kappa shape index (κ1) is 19.8. The topological polar surface area (TPSA) is 43.9 Å². The standard InChI is InChI=1S/C20H33N3O2S/c1-3-4-18-26(24,25)23-16-14-22(15-17-23)20(10-12-21(2)13-11-20)19-8-6-5-7-9-19/h5-9H,3-4,10-18H2,1-2H3. The normalized spacial score (nSPS) is 23.2. The number of hydrogen-bond acceptors (Lipinski definition) is 4. The molecule has 0 aliphatic carbocycles. The molecule has 2 saturated heterocycles. The van der Waals surface area contributed by atoms with E-state index < -0.39 is 10.0 Å². The second kappa shape index (κ2) is 8.38. The Morgan fingerprint density at radius 2 is 1.58 bits per heavy atom. The fourth-order valence-corrected chi connectivity index (χ4v) is 6.01. The van der Waals surface area contributed by atoms with Gasteiger partial charge >= 0.3 is 0 Å². The van der Waals surface area contributed by atoms with Crippen LogP contribution < -0.4 is 0 Å². The fraction of sp³-hybridized carbons (Fsp3) is 0.700. The predicted molar refractivity (Wildman–Crippen MR) is 107 cm³/mol. The molecule has 2 aliphatic rings. The van der Waals surface area contributed by atoms with Gasteiger partial charge in [0, 0.05) is 31.7 Å². The van der Waals surface area contributed by atoms with Crippen molar-refractivity contribution in [3.05, 3.63) is 35.9 Å². The minimum Gasteiger partial charge on any atom is -0.306 e. The number of benzene rings is 1. The van der Waals surface area contributed by atoms with Crippen LogP contribution in [0.5, 0.6) is 0 Å². The van der Waals surface area contributed by atoms with Crippen molar-refractivity contribution >= 4 is 10.0 Å². The van der Waals surface area contributed by atoms with Gasteiger partial charge in [0.2, 0.25) is 10.0 Å². The van der Waals surface area contributed by atoms with E-state index in [0.29, 0.717) is 13.1 Å². The molecule has 0 aromatic heterocycles. The molecule has 146 valence electrons. The van der Waals surface area contributed by atoms with Crippen molar-refractivity contribution < 1.29 is 8.42 Å². The quantitative estimate of drug-likeness (QED) is 0.761. The number of unbranched alkanes of at least 4 members (excludes halogenated alkanes) is 1. The van der Waals surface area contributed by atoms with Gasteiger partial charge < -0.3 is 4.90 Å². The smallest absolute Gasteiger partial charge is 0.214 e. The van der Waals surface area contributed by atoms with E-state index in [2.05, 4.69) is 47.2 Å². The van der Waals surface area contributed by atoms with Crippen molar-refractivity contribution in [3.63, 3.8) is 0 Å². The minimum absolute atomic E-state index is 0.0487. The van der Waals surface area contributed by atoms with Gasteiger partial charge in [-0.25, -0.2) is 8.42 Å². The van der Waals surface area contributed by atoms with Crippen molar-refractivity contribution in [2.24, 2.45) is 0 Å². The summed E-state index contributed by atoms with van der Waals surface area (Å²) in [5.74, 6) is 0.290. The minimum atomic E-state index is -3.09. The highest BCUT2D eigenvalue weighted by molar-refractivity contribution is 7.89. The van der Waals surface area contributed by atoms with Gasteiger partial charge in [0.25, 0.3) is 0 Å². The third kappa shape index (κ3) is 4.14. The molecule has 0 N–H and O–H groups in total. The van der Waals surface area contributed by atoms with Crippen molar-refractivity contribution in [1.82, 2.24) is 14.1 Å². The van der Waals surface area contributed by atoms with Crippen molar-refractivity contribution in [3.8, 4) is 0 Å². The zero-order valence-corrected chi connectivity index (χ0v) is 17.0. The van der Waals surface area contributed by atoms with E-state index in [1.54, 1.807) is 4.31 Å². The van der Waals surface area contributed by atoms with Gasteiger partial charge in [0.15, 0.2) is 0 Å². The van der Waals surface area contributed by atoms with E-state index in [4.69, 9.17) is 0 Å². The van der Waals surface area contributed by atoms with Crippen LogP contribution in [0.2, 0.25) is 0 Å². The van der Waals surface area contributed by atoms with Crippen LogP contribution >= 0.6 is 0 Å². The van der Waals surface area contributed by atoms with E-state index in [0.717, 1.165) is 51.9 Å². The Labute approximate surface area is 159 Å². The van der Waals surface area contributed by atoms with Crippen LogP contribution in [0.3, 0.4) is 0 Å². The highest BCUT2D eigenvalue weighted by Crippen LogP contribution is 2.39. The van der Waals surface area contributed by atoms with Crippen LogP contribution in [0.15, 0.2) is 30.3 Å². The lowest BCUT2D eigenvalue weighted by Crippen LogP contribution is -2.59. The largest absolute Gasteiger partial charge is 0.306 e. The Morgan fingerprint density at radius 3 is 2.15 bits per heavy atom. The Bertz CT molecular complexity index is 662. The van der Waals surface area contributed by atoms with Gasteiger partial charge in [-0.15, -0.1) is 0 Å². The molecular formula is C20H33N3O2S. The molecule has 6 heteroatoms. The molecule has 1 aromatic rings. The monoisotopic (exact) mass is 379 g/mol. The van der Waals surface area contributed by atoms with Gasteiger partial charge in [0.05, 0.1) is 5.75 Å². The maximum Gasteiger partial charge on any atom is 0.214 e. The second-order valence-electron chi connectivity index (χ2n) is 7.76. The maximum atomic E-state index is 12.5. The molecule has 1 aromatic carbocycles. The molecule has 0 unspecified atom stereocenters. The fourth-order valence-electron chi connectivity index (χ4n) is 4.37. The molecule has 0 atom stereocenters. The third-order valence-corrected chi connectivity index (χ3v) is 8.08. The summed E-state index contributed by atoms with van der Waals surface area (Å²) in [4.78, 5) is 4.95.